The number of amides is 2. The topological polar surface area (TPSA) is 93.0 Å². The number of para-hydroxylation sites is 1. The molecule has 37 heavy (non-hydrogen) atoms. The van der Waals surface area contributed by atoms with E-state index in [0.29, 0.717) is 22.7 Å². The van der Waals surface area contributed by atoms with Gasteiger partial charge in [-0.3, -0.25) is 19.5 Å². The molecular weight excluding hydrogens is 464 g/mol. The van der Waals surface area contributed by atoms with Gasteiger partial charge in [0.15, 0.2) is 0 Å². The number of fused-ring (bicyclic) bond motifs is 1. The minimum absolute atomic E-state index is 0.0710. The number of carbonyl (C=O) groups is 2. The molecule has 2 aromatic heterocycles. The SMILES string of the molecule is CCC(C)(C)NC(=O)[C@H](c1ccncc1)N(C(=O)Cn1nnc2ccccc21)c1ccc(C(C)C)cc1. The van der Waals surface area contributed by atoms with E-state index in [1.165, 1.54) is 0 Å². The third-order valence-corrected chi connectivity index (χ3v) is 6.69. The Morgan fingerprint density at radius 3 is 2.30 bits per heavy atom. The van der Waals surface area contributed by atoms with E-state index in [1.54, 1.807) is 34.1 Å². The van der Waals surface area contributed by atoms with Crippen LogP contribution in [-0.4, -0.2) is 37.3 Å². The first kappa shape index (κ1) is 26.0. The lowest BCUT2D eigenvalue weighted by molar-refractivity contribution is -0.128. The molecule has 2 aromatic carbocycles. The molecule has 1 atom stereocenters. The largest absolute Gasteiger partial charge is 0.349 e. The second-order valence-corrected chi connectivity index (χ2v) is 10.2. The van der Waals surface area contributed by atoms with Gasteiger partial charge in [-0.25, -0.2) is 4.68 Å². The van der Waals surface area contributed by atoms with Crippen molar-refractivity contribution < 1.29 is 9.59 Å². The third kappa shape index (κ3) is 5.85. The van der Waals surface area contributed by atoms with E-state index in [2.05, 4.69) is 34.5 Å². The summed E-state index contributed by atoms with van der Waals surface area (Å²) >= 11 is 0. The standard InChI is InChI=1S/C29H34N6O2/c1-6-29(4,5)31-28(37)27(22-15-17-30-18-16-22)35(23-13-11-21(12-14-23)20(2)3)26(36)19-34-25-10-8-7-9-24(25)32-33-34/h7-18,20,27H,6,19H2,1-5H3,(H,31,37)/t27-/m0/s1. The highest BCUT2D eigenvalue weighted by Crippen LogP contribution is 2.30. The van der Waals surface area contributed by atoms with Gasteiger partial charge in [-0.15, -0.1) is 5.10 Å². The molecule has 0 aliphatic heterocycles. The normalized spacial score (nSPS) is 12.5. The number of aromatic nitrogens is 4. The van der Waals surface area contributed by atoms with Gasteiger partial charge in [0, 0.05) is 23.6 Å². The van der Waals surface area contributed by atoms with Crippen LogP contribution in [-0.2, 0) is 16.1 Å². The number of nitrogens with one attached hydrogen (secondary N) is 1. The first-order valence-corrected chi connectivity index (χ1v) is 12.6. The Hall–Kier alpha value is -4.07. The van der Waals surface area contributed by atoms with Crippen LogP contribution in [0.2, 0.25) is 0 Å². The summed E-state index contributed by atoms with van der Waals surface area (Å²) in [6.07, 6.45) is 4.01. The van der Waals surface area contributed by atoms with E-state index in [9.17, 15) is 9.59 Å². The minimum Gasteiger partial charge on any atom is -0.349 e. The summed E-state index contributed by atoms with van der Waals surface area (Å²) in [6.45, 7) is 10.1. The molecule has 0 fully saturated rings. The maximum Gasteiger partial charge on any atom is 0.249 e. The van der Waals surface area contributed by atoms with Crippen molar-refractivity contribution in [2.24, 2.45) is 0 Å². The van der Waals surface area contributed by atoms with Crippen LogP contribution in [0.15, 0.2) is 73.1 Å². The van der Waals surface area contributed by atoms with Crippen LogP contribution in [0.25, 0.3) is 11.0 Å². The van der Waals surface area contributed by atoms with Crippen molar-refractivity contribution in [1.29, 1.82) is 0 Å². The molecule has 1 N–H and O–H groups in total. The van der Waals surface area contributed by atoms with Gasteiger partial charge in [0.1, 0.15) is 18.1 Å². The van der Waals surface area contributed by atoms with Gasteiger partial charge in [-0.1, -0.05) is 50.3 Å². The molecule has 4 rings (SSSR count). The number of hydrogen-bond acceptors (Lipinski definition) is 5. The van der Waals surface area contributed by atoms with Crippen molar-refractivity contribution in [1.82, 2.24) is 25.3 Å². The molecule has 8 nitrogen and oxygen atoms in total. The summed E-state index contributed by atoms with van der Waals surface area (Å²) in [4.78, 5) is 33.6. The Bertz CT molecular complexity index is 1360. The van der Waals surface area contributed by atoms with Crippen molar-refractivity contribution in [2.45, 2.75) is 65.1 Å². The maximum absolute atomic E-state index is 14.1. The van der Waals surface area contributed by atoms with Crippen LogP contribution >= 0.6 is 0 Å². The third-order valence-electron chi connectivity index (χ3n) is 6.69. The molecular formula is C29H34N6O2. The fourth-order valence-corrected chi connectivity index (χ4v) is 4.15. The maximum atomic E-state index is 14.1. The van der Waals surface area contributed by atoms with E-state index in [4.69, 9.17) is 0 Å². The van der Waals surface area contributed by atoms with Crippen molar-refractivity contribution >= 4 is 28.5 Å². The average molecular weight is 499 g/mol. The van der Waals surface area contributed by atoms with Gasteiger partial charge in [0.05, 0.1) is 5.52 Å². The van der Waals surface area contributed by atoms with E-state index in [0.717, 1.165) is 17.5 Å². The zero-order chi connectivity index (χ0) is 26.6. The molecule has 0 bridgehead atoms. The molecule has 0 unspecified atom stereocenters. The van der Waals surface area contributed by atoms with Crippen LogP contribution in [0, 0.1) is 0 Å². The van der Waals surface area contributed by atoms with Gasteiger partial charge in [0.25, 0.3) is 0 Å². The molecule has 4 aromatic rings. The number of anilines is 1. The van der Waals surface area contributed by atoms with Crippen LogP contribution in [0.4, 0.5) is 5.69 Å². The van der Waals surface area contributed by atoms with Crippen LogP contribution in [0.5, 0.6) is 0 Å². The lowest BCUT2D eigenvalue weighted by Crippen LogP contribution is -2.51. The van der Waals surface area contributed by atoms with Crippen molar-refractivity contribution in [3.05, 3.63) is 84.2 Å². The predicted octanol–water partition coefficient (Wildman–Crippen LogP) is 5.03. The highest BCUT2D eigenvalue weighted by Gasteiger charge is 2.35. The lowest BCUT2D eigenvalue weighted by atomic mass is 9.98. The van der Waals surface area contributed by atoms with E-state index in [-0.39, 0.29) is 18.4 Å². The second-order valence-electron chi connectivity index (χ2n) is 10.2. The second kappa shape index (κ2) is 10.9. The van der Waals surface area contributed by atoms with Gasteiger partial charge in [0.2, 0.25) is 11.8 Å². The van der Waals surface area contributed by atoms with Gasteiger partial charge >= 0.3 is 0 Å². The molecule has 2 amide bonds. The summed E-state index contributed by atoms with van der Waals surface area (Å²) in [6, 6.07) is 17.9. The predicted molar refractivity (Wildman–Crippen MR) is 145 cm³/mol. The quantitative estimate of drug-likeness (QED) is 0.349. The summed E-state index contributed by atoms with van der Waals surface area (Å²) in [7, 11) is 0. The Morgan fingerprint density at radius 1 is 0.973 bits per heavy atom. The summed E-state index contributed by atoms with van der Waals surface area (Å²) < 4.78 is 1.57. The molecule has 0 saturated carbocycles. The number of carbonyl (C=O) groups excluding carboxylic acids is 2. The zero-order valence-corrected chi connectivity index (χ0v) is 22.0. The van der Waals surface area contributed by atoms with Crippen LogP contribution in [0.1, 0.15) is 64.1 Å². The monoisotopic (exact) mass is 498 g/mol. The molecule has 0 radical (unpaired) electrons. The van der Waals surface area contributed by atoms with Gasteiger partial charge in [-0.2, -0.15) is 0 Å². The fourth-order valence-electron chi connectivity index (χ4n) is 4.15. The number of nitrogens with zero attached hydrogens (tertiary/aromatic N) is 5. The molecule has 0 saturated heterocycles. The molecule has 192 valence electrons. The molecule has 8 heteroatoms. The summed E-state index contributed by atoms with van der Waals surface area (Å²) in [5, 5.41) is 11.5. The van der Waals surface area contributed by atoms with Gasteiger partial charge < -0.3 is 5.32 Å². The van der Waals surface area contributed by atoms with E-state index in [1.807, 2.05) is 69.3 Å². The Morgan fingerprint density at radius 2 is 1.65 bits per heavy atom. The smallest absolute Gasteiger partial charge is 0.249 e. The number of benzene rings is 2. The van der Waals surface area contributed by atoms with Crippen molar-refractivity contribution in [2.75, 3.05) is 4.90 Å². The molecule has 2 heterocycles. The van der Waals surface area contributed by atoms with Crippen molar-refractivity contribution in [3.63, 3.8) is 0 Å². The summed E-state index contributed by atoms with van der Waals surface area (Å²) in [5.41, 5.74) is 3.46. The molecule has 0 aliphatic rings. The van der Waals surface area contributed by atoms with E-state index >= 15 is 0 Å². The van der Waals surface area contributed by atoms with Crippen LogP contribution in [0.3, 0.4) is 0 Å². The Kier molecular flexibility index (Phi) is 7.66. The number of hydrogen-bond donors (Lipinski definition) is 1. The number of pyridine rings is 1. The van der Waals surface area contributed by atoms with Crippen LogP contribution < -0.4 is 10.2 Å². The Labute approximate surface area is 217 Å². The molecule has 0 aliphatic carbocycles. The first-order valence-electron chi connectivity index (χ1n) is 12.6. The Balaban J connectivity index is 1.81. The molecule has 0 spiro atoms. The van der Waals surface area contributed by atoms with E-state index < -0.39 is 11.6 Å². The zero-order valence-electron chi connectivity index (χ0n) is 22.0. The van der Waals surface area contributed by atoms with Crippen molar-refractivity contribution in [3.8, 4) is 0 Å². The minimum atomic E-state index is -0.902. The lowest BCUT2D eigenvalue weighted by Gasteiger charge is -2.34. The first-order chi connectivity index (χ1) is 17.7. The highest BCUT2D eigenvalue weighted by atomic mass is 16.2. The van der Waals surface area contributed by atoms with Gasteiger partial charge in [-0.05, 0) is 73.7 Å². The average Bonchev–Trinajstić information content (AvgIpc) is 3.30. The highest BCUT2D eigenvalue weighted by molar-refractivity contribution is 6.01. The summed E-state index contributed by atoms with van der Waals surface area (Å²) in [5.74, 6) is -0.202. The number of rotatable bonds is 9. The fraction of sp³-hybridized carbons (Fsp3) is 0.345.